The maximum Gasteiger partial charge on any atom is 0.337 e. The molecule has 0 saturated carbocycles. The number of piperazine rings is 1. The van der Waals surface area contributed by atoms with E-state index >= 15 is 0 Å². The van der Waals surface area contributed by atoms with Gasteiger partial charge in [0, 0.05) is 38.3 Å². The lowest BCUT2D eigenvalue weighted by Crippen LogP contribution is -2.50. The maximum absolute atomic E-state index is 11.9. The van der Waals surface area contributed by atoms with Gasteiger partial charge in [-0.2, -0.15) is 0 Å². The molecule has 1 aliphatic heterocycles. The Kier molecular flexibility index (Phi) is 4.22. The SMILES string of the molecule is CC(C)C(=O)N1CCN(c2ccc(C(=O)O)cn2)CC1. The first-order valence-electron chi connectivity index (χ1n) is 6.72. The first-order valence-corrected chi connectivity index (χ1v) is 6.72. The summed E-state index contributed by atoms with van der Waals surface area (Å²) in [7, 11) is 0. The van der Waals surface area contributed by atoms with Gasteiger partial charge >= 0.3 is 5.97 Å². The number of pyridine rings is 1. The molecule has 1 N–H and O–H groups in total. The minimum Gasteiger partial charge on any atom is -0.478 e. The molecule has 1 fully saturated rings. The van der Waals surface area contributed by atoms with Crippen molar-refractivity contribution in [2.45, 2.75) is 13.8 Å². The van der Waals surface area contributed by atoms with Gasteiger partial charge in [-0.3, -0.25) is 4.79 Å². The number of aromatic nitrogens is 1. The summed E-state index contributed by atoms with van der Waals surface area (Å²) in [5.74, 6) is -0.0172. The molecule has 108 valence electrons. The van der Waals surface area contributed by atoms with E-state index in [1.807, 2.05) is 18.7 Å². The molecule has 0 radical (unpaired) electrons. The normalized spacial score (nSPS) is 15.6. The molecule has 0 spiro atoms. The third-order valence-corrected chi connectivity index (χ3v) is 3.40. The molecule has 6 nitrogen and oxygen atoms in total. The van der Waals surface area contributed by atoms with E-state index in [-0.39, 0.29) is 17.4 Å². The highest BCUT2D eigenvalue weighted by atomic mass is 16.4. The van der Waals surface area contributed by atoms with Crippen LogP contribution in [0.5, 0.6) is 0 Å². The molecular formula is C14H19N3O3. The highest BCUT2D eigenvalue weighted by molar-refractivity contribution is 5.87. The molecule has 0 bridgehead atoms. The van der Waals surface area contributed by atoms with Gasteiger partial charge in [0.05, 0.1) is 5.56 Å². The third kappa shape index (κ3) is 3.07. The van der Waals surface area contributed by atoms with E-state index in [2.05, 4.69) is 9.88 Å². The number of carbonyl (C=O) groups is 2. The number of rotatable bonds is 3. The summed E-state index contributed by atoms with van der Waals surface area (Å²) in [6.45, 7) is 6.61. The van der Waals surface area contributed by atoms with Crippen LogP contribution in [-0.2, 0) is 4.79 Å². The molecule has 2 heterocycles. The summed E-state index contributed by atoms with van der Waals surface area (Å²) in [4.78, 5) is 30.8. The second-order valence-corrected chi connectivity index (χ2v) is 5.18. The van der Waals surface area contributed by atoms with Gasteiger partial charge in [-0.25, -0.2) is 9.78 Å². The fourth-order valence-electron chi connectivity index (χ4n) is 2.22. The Labute approximate surface area is 118 Å². The van der Waals surface area contributed by atoms with Crippen molar-refractivity contribution in [1.29, 1.82) is 0 Å². The van der Waals surface area contributed by atoms with Crippen molar-refractivity contribution in [2.75, 3.05) is 31.1 Å². The molecule has 1 aromatic rings. The molecule has 6 heteroatoms. The van der Waals surface area contributed by atoms with Crippen LogP contribution in [0.25, 0.3) is 0 Å². The summed E-state index contributed by atoms with van der Waals surface area (Å²) in [6, 6.07) is 3.26. The van der Waals surface area contributed by atoms with E-state index in [1.54, 1.807) is 12.1 Å². The zero-order chi connectivity index (χ0) is 14.7. The summed E-state index contributed by atoms with van der Waals surface area (Å²) < 4.78 is 0. The average Bonchev–Trinajstić information content (AvgIpc) is 2.46. The molecule has 20 heavy (non-hydrogen) atoms. The third-order valence-electron chi connectivity index (χ3n) is 3.40. The smallest absolute Gasteiger partial charge is 0.337 e. The van der Waals surface area contributed by atoms with Crippen LogP contribution in [0, 0.1) is 5.92 Å². The Balaban J connectivity index is 1.97. The van der Waals surface area contributed by atoms with Gasteiger partial charge < -0.3 is 14.9 Å². The number of anilines is 1. The van der Waals surface area contributed by atoms with Crippen LogP contribution in [0.4, 0.5) is 5.82 Å². The maximum atomic E-state index is 11.9. The average molecular weight is 277 g/mol. The van der Waals surface area contributed by atoms with Crippen LogP contribution in [0.15, 0.2) is 18.3 Å². The van der Waals surface area contributed by atoms with Gasteiger partial charge in [0.15, 0.2) is 0 Å². The van der Waals surface area contributed by atoms with E-state index in [4.69, 9.17) is 5.11 Å². The van der Waals surface area contributed by atoms with Gasteiger partial charge in [-0.15, -0.1) is 0 Å². The number of carboxylic acids is 1. The second-order valence-electron chi connectivity index (χ2n) is 5.18. The first-order chi connectivity index (χ1) is 9.49. The predicted molar refractivity (Wildman–Crippen MR) is 74.8 cm³/mol. The molecule has 0 atom stereocenters. The van der Waals surface area contributed by atoms with E-state index in [0.29, 0.717) is 13.1 Å². The van der Waals surface area contributed by atoms with Gasteiger partial charge in [0.25, 0.3) is 0 Å². The van der Waals surface area contributed by atoms with Gasteiger partial charge in [0.2, 0.25) is 5.91 Å². The van der Waals surface area contributed by atoms with E-state index in [0.717, 1.165) is 18.9 Å². The van der Waals surface area contributed by atoms with Crippen molar-refractivity contribution in [3.05, 3.63) is 23.9 Å². The van der Waals surface area contributed by atoms with Crippen LogP contribution in [0.3, 0.4) is 0 Å². The molecule has 0 aromatic carbocycles. The number of carboxylic acid groups (broad SMARTS) is 1. The number of amides is 1. The Bertz CT molecular complexity index is 491. The summed E-state index contributed by atoms with van der Waals surface area (Å²) in [5.41, 5.74) is 0.183. The zero-order valence-electron chi connectivity index (χ0n) is 11.7. The van der Waals surface area contributed by atoms with Crippen molar-refractivity contribution in [3.63, 3.8) is 0 Å². The molecule has 2 rings (SSSR count). The largest absolute Gasteiger partial charge is 0.478 e. The number of carbonyl (C=O) groups excluding carboxylic acids is 1. The first kappa shape index (κ1) is 14.3. The number of nitrogens with zero attached hydrogens (tertiary/aromatic N) is 3. The van der Waals surface area contributed by atoms with Gasteiger partial charge in [-0.1, -0.05) is 13.8 Å². The van der Waals surface area contributed by atoms with Crippen LogP contribution in [0.2, 0.25) is 0 Å². The molecule has 0 unspecified atom stereocenters. The zero-order valence-corrected chi connectivity index (χ0v) is 11.7. The minimum absolute atomic E-state index is 0.0227. The van der Waals surface area contributed by atoms with Crippen molar-refractivity contribution in [1.82, 2.24) is 9.88 Å². The van der Waals surface area contributed by atoms with Crippen molar-refractivity contribution < 1.29 is 14.7 Å². The second kappa shape index (κ2) is 5.90. The molecule has 0 aliphatic carbocycles. The van der Waals surface area contributed by atoms with E-state index in [9.17, 15) is 9.59 Å². The topological polar surface area (TPSA) is 73.7 Å². The number of hydrogen-bond donors (Lipinski definition) is 1. The van der Waals surface area contributed by atoms with Crippen LogP contribution < -0.4 is 4.90 Å². The van der Waals surface area contributed by atoms with E-state index in [1.165, 1.54) is 6.20 Å². The predicted octanol–water partition coefficient (Wildman–Crippen LogP) is 1.08. The molecular weight excluding hydrogens is 258 g/mol. The Morgan fingerprint density at radius 1 is 1.20 bits per heavy atom. The standard InChI is InChI=1S/C14H19N3O3/c1-10(2)13(18)17-7-5-16(6-8-17)12-4-3-11(9-15-12)14(19)20/h3-4,9-10H,5-8H2,1-2H3,(H,19,20). The van der Waals surface area contributed by atoms with Gasteiger partial charge in [0.1, 0.15) is 5.82 Å². The molecule has 1 amide bonds. The quantitative estimate of drug-likeness (QED) is 0.895. The Morgan fingerprint density at radius 3 is 2.30 bits per heavy atom. The highest BCUT2D eigenvalue weighted by Crippen LogP contribution is 2.15. The molecule has 1 saturated heterocycles. The summed E-state index contributed by atoms with van der Waals surface area (Å²) in [5, 5.41) is 8.84. The minimum atomic E-state index is -0.976. The van der Waals surface area contributed by atoms with Crippen LogP contribution >= 0.6 is 0 Å². The van der Waals surface area contributed by atoms with Gasteiger partial charge in [-0.05, 0) is 12.1 Å². The van der Waals surface area contributed by atoms with Crippen molar-refractivity contribution >= 4 is 17.7 Å². The fraction of sp³-hybridized carbons (Fsp3) is 0.500. The van der Waals surface area contributed by atoms with Crippen molar-refractivity contribution in [3.8, 4) is 0 Å². The summed E-state index contributed by atoms with van der Waals surface area (Å²) >= 11 is 0. The molecule has 1 aliphatic rings. The van der Waals surface area contributed by atoms with E-state index < -0.39 is 5.97 Å². The lowest BCUT2D eigenvalue weighted by molar-refractivity contribution is -0.134. The van der Waals surface area contributed by atoms with Crippen molar-refractivity contribution in [2.24, 2.45) is 5.92 Å². The summed E-state index contributed by atoms with van der Waals surface area (Å²) in [6.07, 6.45) is 1.36. The van der Waals surface area contributed by atoms with Crippen LogP contribution in [-0.4, -0.2) is 53.0 Å². The Morgan fingerprint density at radius 2 is 1.85 bits per heavy atom. The monoisotopic (exact) mass is 277 g/mol. The number of hydrogen-bond acceptors (Lipinski definition) is 4. The lowest BCUT2D eigenvalue weighted by atomic mass is 10.1. The van der Waals surface area contributed by atoms with Crippen LogP contribution in [0.1, 0.15) is 24.2 Å². The molecule has 1 aromatic heterocycles. The lowest BCUT2D eigenvalue weighted by Gasteiger charge is -2.36. The fourth-order valence-corrected chi connectivity index (χ4v) is 2.22. The number of aromatic carboxylic acids is 1. The Hall–Kier alpha value is -2.11. The highest BCUT2D eigenvalue weighted by Gasteiger charge is 2.23.